The van der Waals surface area contributed by atoms with E-state index in [1.807, 2.05) is 6.07 Å². The van der Waals surface area contributed by atoms with E-state index in [4.69, 9.17) is 0 Å². The van der Waals surface area contributed by atoms with Crippen LogP contribution in [0.5, 0.6) is 0 Å². The zero-order valence-electron chi connectivity index (χ0n) is 11.5. The molecule has 1 aromatic carbocycles. The van der Waals surface area contributed by atoms with Crippen LogP contribution >= 0.6 is 0 Å². The summed E-state index contributed by atoms with van der Waals surface area (Å²) in [6.45, 7) is 0. The van der Waals surface area contributed by atoms with Gasteiger partial charge in [0.05, 0.1) is 0 Å². The third kappa shape index (κ3) is 3.79. The Bertz CT molecular complexity index is 427. The summed E-state index contributed by atoms with van der Waals surface area (Å²) in [7, 11) is 1.66. The van der Waals surface area contributed by atoms with Crippen LogP contribution in [0.3, 0.4) is 0 Å². The first kappa shape index (κ1) is 14.0. The lowest BCUT2D eigenvalue weighted by Crippen LogP contribution is -2.25. The summed E-state index contributed by atoms with van der Waals surface area (Å²) in [6, 6.07) is 6.74. The summed E-state index contributed by atoms with van der Waals surface area (Å²) in [5.74, 6) is 0.485. The molecule has 0 spiro atoms. The normalized spacial score (nSPS) is 18.0. The third-order valence-electron chi connectivity index (χ3n) is 4.18. The van der Waals surface area contributed by atoms with Crippen LogP contribution in [0, 0.1) is 11.7 Å². The highest BCUT2D eigenvalue weighted by atomic mass is 19.1. The highest BCUT2D eigenvalue weighted by Crippen LogP contribution is 2.38. The minimum Gasteiger partial charge on any atom is -0.359 e. The van der Waals surface area contributed by atoms with Gasteiger partial charge in [0, 0.05) is 13.5 Å². The van der Waals surface area contributed by atoms with Gasteiger partial charge in [-0.3, -0.25) is 4.79 Å². The molecular formula is C16H22FNO. The van der Waals surface area contributed by atoms with Crippen LogP contribution in [0.15, 0.2) is 24.3 Å². The van der Waals surface area contributed by atoms with Crippen LogP contribution in [-0.4, -0.2) is 13.0 Å². The number of halogens is 1. The predicted molar refractivity (Wildman–Crippen MR) is 74.4 cm³/mol. The van der Waals surface area contributed by atoms with E-state index in [0.717, 1.165) is 18.4 Å². The number of hydrogen-bond donors (Lipinski definition) is 1. The van der Waals surface area contributed by atoms with Crippen molar-refractivity contribution in [2.45, 2.75) is 44.4 Å². The van der Waals surface area contributed by atoms with Gasteiger partial charge >= 0.3 is 0 Å². The van der Waals surface area contributed by atoms with Crippen LogP contribution in [0.25, 0.3) is 0 Å². The van der Waals surface area contributed by atoms with Gasteiger partial charge in [-0.2, -0.15) is 0 Å². The number of amides is 1. The first-order valence-electron chi connectivity index (χ1n) is 7.16. The van der Waals surface area contributed by atoms with Crippen molar-refractivity contribution >= 4 is 5.91 Å². The van der Waals surface area contributed by atoms with Gasteiger partial charge in [0.1, 0.15) is 5.82 Å². The molecule has 0 saturated heterocycles. The summed E-state index contributed by atoms with van der Waals surface area (Å²) in [4.78, 5) is 11.7. The van der Waals surface area contributed by atoms with E-state index in [1.54, 1.807) is 19.2 Å². The molecule has 19 heavy (non-hydrogen) atoms. The van der Waals surface area contributed by atoms with Crippen molar-refractivity contribution in [3.8, 4) is 0 Å². The molecule has 0 bridgehead atoms. The van der Waals surface area contributed by atoms with Crippen molar-refractivity contribution < 1.29 is 9.18 Å². The summed E-state index contributed by atoms with van der Waals surface area (Å²) in [5, 5.41) is 2.69. The molecule has 1 aromatic rings. The quantitative estimate of drug-likeness (QED) is 0.883. The molecule has 2 rings (SSSR count). The lowest BCUT2D eigenvalue weighted by Gasteiger charge is -2.30. The Morgan fingerprint density at radius 1 is 1.37 bits per heavy atom. The molecule has 104 valence electrons. The van der Waals surface area contributed by atoms with Crippen molar-refractivity contribution in [1.29, 1.82) is 0 Å². The smallest absolute Gasteiger partial charge is 0.220 e. The molecular weight excluding hydrogens is 241 g/mol. The minimum atomic E-state index is -0.213. The first-order valence-corrected chi connectivity index (χ1v) is 7.16. The van der Waals surface area contributed by atoms with E-state index in [-0.39, 0.29) is 17.6 Å². The van der Waals surface area contributed by atoms with Crippen LogP contribution < -0.4 is 5.32 Å². The molecule has 1 fully saturated rings. The van der Waals surface area contributed by atoms with Crippen LogP contribution in [0.1, 0.15) is 50.0 Å². The fraction of sp³-hybridized carbons (Fsp3) is 0.562. The lowest BCUT2D eigenvalue weighted by atomic mass is 9.75. The average molecular weight is 263 g/mol. The zero-order chi connectivity index (χ0) is 13.7. The molecule has 1 amide bonds. The molecule has 1 N–H and O–H groups in total. The molecule has 1 aliphatic rings. The number of carbonyl (C=O) groups excluding carboxylic acids is 1. The number of rotatable bonds is 4. The van der Waals surface area contributed by atoms with Gasteiger partial charge in [0.2, 0.25) is 5.91 Å². The van der Waals surface area contributed by atoms with Gasteiger partial charge in [0.15, 0.2) is 0 Å². The number of nitrogens with one attached hydrogen (secondary N) is 1. The monoisotopic (exact) mass is 263 g/mol. The Labute approximate surface area is 114 Å². The number of benzene rings is 1. The predicted octanol–water partition coefficient (Wildman–Crippen LogP) is 3.63. The van der Waals surface area contributed by atoms with Crippen molar-refractivity contribution in [3.05, 3.63) is 35.6 Å². The van der Waals surface area contributed by atoms with Crippen molar-refractivity contribution in [2.24, 2.45) is 5.92 Å². The van der Waals surface area contributed by atoms with Gasteiger partial charge in [-0.15, -0.1) is 0 Å². The molecule has 0 heterocycles. The van der Waals surface area contributed by atoms with Crippen LogP contribution in [0.2, 0.25) is 0 Å². The number of carbonyl (C=O) groups is 1. The summed E-state index contributed by atoms with van der Waals surface area (Å²) >= 11 is 0. The molecule has 1 saturated carbocycles. The van der Waals surface area contributed by atoms with E-state index in [9.17, 15) is 9.18 Å². The van der Waals surface area contributed by atoms with Crippen molar-refractivity contribution in [3.63, 3.8) is 0 Å². The third-order valence-corrected chi connectivity index (χ3v) is 4.18. The van der Waals surface area contributed by atoms with E-state index in [1.165, 1.54) is 25.3 Å². The second-order valence-electron chi connectivity index (χ2n) is 5.44. The van der Waals surface area contributed by atoms with Gasteiger partial charge in [-0.1, -0.05) is 31.4 Å². The lowest BCUT2D eigenvalue weighted by molar-refractivity contribution is -0.121. The minimum absolute atomic E-state index is 0.0415. The van der Waals surface area contributed by atoms with E-state index in [0.29, 0.717) is 12.3 Å². The zero-order valence-corrected chi connectivity index (χ0v) is 11.5. The maximum atomic E-state index is 13.4. The molecule has 3 heteroatoms. The molecule has 1 unspecified atom stereocenters. The second kappa shape index (κ2) is 6.69. The Balaban J connectivity index is 2.19. The van der Waals surface area contributed by atoms with Gasteiger partial charge in [-0.25, -0.2) is 4.39 Å². The Morgan fingerprint density at radius 3 is 2.74 bits per heavy atom. The van der Waals surface area contributed by atoms with Gasteiger partial charge < -0.3 is 5.32 Å². The fourth-order valence-electron chi connectivity index (χ4n) is 3.13. The van der Waals surface area contributed by atoms with E-state index in [2.05, 4.69) is 5.32 Å². The van der Waals surface area contributed by atoms with E-state index >= 15 is 0 Å². The molecule has 0 aliphatic heterocycles. The van der Waals surface area contributed by atoms with Gasteiger partial charge in [0.25, 0.3) is 0 Å². The van der Waals surface area contributed by atoms with Crippen molar-refractivity contribution in [1.82, 2.24) is 5.32 Å². The second-order valence-corrected chi connectivity index (χ2v) is 5.44. The van der Waals surface area contributed by atoms with Crippen LogP contribution in [-0.2, 0) is 4.79 Å². The Morgan fingerprint density at radius 2 is 2.11 bits per heavy atom. The Hall–Kier alpha value is -1.38. The SMILES string of the molecule is CNC(=O)CC(c1cccc(F)c1)C1CCCCC1. The summed E-state index contributed by atoms with van der Waals surface area (Å²) in [6.07, 6.45) is 6.50. The highest BCUT2D eigenvalue weighted by molar-refractivity contribution is 5.76. The maximum absolute atomic E-state index is 13.4. The Kier molecular flexibility index (Phi) is 4.94. The molecule has 0 radical (unpaired) electrons. The standard InChI is InChI=1S/C16H22FNO/c1-18-16(19)11-15(12-6-3-2-4-7-12)13-8-5-9-14(17)10-13/h5,8-10,12,15H,2-4,6-7,11H2,1H3,(H,18,19). The van der Waals surface area contributed by atoms with Crippen molar-refractivity contribution in [2.75, 3.05) is 7.05 Å². The topological polar surface area (TPSA) is 29.1 Å². The fourth-order valence-corrected chi connectivity index (χ4v) is 3.13. The summed E-state index contributed by atoms with van der Waals surface area (Å²) in [5.41, 5.74) is 0.968. The molecule has 2 nitrogen and oxygen atoms in total. The average Bonchev–Trinajstić information content (AvgIpc) is 2.45. The summed E-state index contributed by atoms with van der Waals surface area (Å²) < 4.78 is 13.4. The number of hydrogen-bond acceptors (Lipinski definition) is 1. The highest BCUT2D eigenvalue weighted by Gasteiger charge is 2.27. The first-order chi connectivity index (χ1) is 9.20. The van der Waals surface area contributed by atoms with E-state index < -0.39 is 0 Å². The molecule has 1 atom stereocenters. The molecule has 0 aromatic heterocycles. The molecule has 1 aliphatic carbocycles. The van der Waals surface area contributed by atoms with Crippen LogP contribution in [0.4, 0.5) is 4.39 Å². The maximum Gasteiger partial charge on any atom is 0.220 e. The van der Waals surface area contributed by atoms with Gasteiger partial charge in [-0.05, 0) is 42.4 Å². The largest absolute Gasteiger partial charge is 0.359 e.